The maximum Gasteiger partial charge on any atom is 0.573 e. The Morgan fingerprint density at radius 3 is 2.41 bits per heavy atom. The Bertz CT molecular complexity index is 1380. The van der Waals surface area contributed by atoms with Crippen LogP contribution in [-0.2, 0) is 16.6 Å². The third-order valence-electron chi connectivity index (χ3n) is 4.86. The number of aliphatic hydroxyl groups excluding tert-OH is 1. The second kappa shape index (κ2) is 11.6. The number of sulfonamides is 1. The number of rotatable bonds is 10. The van der Waals surface area contributed by atoms with E-state index < -0.39 is 28.0 Å². The monoisotopic (exact) mass is 554 g/mol. The molecule has 0 atom stereocenters. The van der Waals surface area contributed by atoms with E-state index in [1.54, 1.807) is 36.1 Å². The fraction of sp³-hybridized carbons (Fsp3) is 0.261. The highest BCUT2D eigenvalue weighted by molar-refractivity contribution is 7.90. The molecule has 2 aromatic carbocycles. The third-order valence-corrected chi connectivity index (χ3v) is 7.17. The zero-order chi connectivity index (χ0) is 27.2. The molecule has 0 saturated heterocycles. The Hall–Kier alpha value is -3.67. The summed E-state index contributed by atoms with van der Waals surface area (Å²) in [6.07, 6.45) is -4.86. The van der Waals surface area contributed by atoms with Crippen molar-refractivity contribution in [2.45, 2.75) is 26.3 Å². The molecular weight excluding hydrogens is 533 g/mol. The number of aromatic nitrogens is 1. The van der Waals surface area contributed by atoms with Gasteiger partial charge in [-0.15, -0.1) is 24.5 Å². The second-order valence-electron chi connectivity index (χ2n) is 7.67. The normalized spacial score (nSPS) is 11.6. The number of ether oxygens (including phenoxy) is 1. The van der Waals surface area contributed by atoms with Gasteiger partial charge in [0, 0.05) is 17.2 Å². The van der Waals surface area contributed by atoms with E-state index in [-0.39, 0.29) is 31.0 Å². The Morgan fingerprint density at radius 2 is 1.84 bits per heavy atom. The van der Waals surface area contributed by atoms with Crippen LogP contribution < -0.4 is 14.4 Å². The first-order valence-electron chi connectivity index (χ1n) is 10.7. The van der Waals surface area contributed by atoms with Crippen LogP contribution >= 0.6 is 11.3 Å². The van der Waals surface area contributed by atoms with Crippen LogP contribution in [0.1, 0.15) is 32.9 Å². The molecule has 14 heteroatoms. The van der Waals surface area contributed by atoms with Gasteiger partial charge in [0.1, 0.15) is 11.4 Å². The molecule has 2 N–H and O–H groups in total. The molecule has 0 fully saturated rings. The maximum atomic E-state index is 12.6. The third kappa shape index (κ3) is 7.91. The molecule has 196 valence electrons. The van der Waals surface area contributed by atoms with Crippen molar-refractivity contribution in [1.82, 2.24) is 9.71 Å². The lowest BCUT2D eigenvalue weighted by Crippen LogP contribution is -2.33. The van der Waals surface area contributed by atoms with E-state index in [0.29, 0.717) is 26.8 Å². The molecule has 3 aromatic rings. The molecule has 3 rings (SSSR count). The zero-order valence-corrected chi connectivity index (χ0v) is 21.0. The number of aliphatic hydroxyl groups is 1. The summed E-state index contributed by atoms with van der Waals surface area (Å²) in [7, 11) is -3.98. The highest BCUT2D eigenvalue weighted by atomic mass is 32.2. The molecule has 0 aliphatic heterocycles. The van der Waals surface area contributed by atoms with E-state index in [1.807, 2.05) is 10.8 Å². The van der Waals surface area contributed by atoms with Crippen LogP contribution in [0.25, 0.3) is 0 Å². The Balaban J connectivity index is 1.92. The molecular formula is C23H21F3N4O5S2. The largest absolute Gasteiger partial charge is 0.573 e. The average molecular weight is 555 g/mol. The van der Waals surface area contributed by atoms with Gasteiger partial charge in [-0.25, -0.2) is 18.1 Å². The molecule has 1 amide bonds. The lowest BCUT2D eigenvalue weighted by Gasteiger charge is -2.22. The summed E-state index contributed by atoms with van der Waals surface area (Å²) in [6.45, 7) is 1.37. The van der Waals surface area contributed by atoms with Crippen LogP contribution in [0, 0.1) is 18.3 Å². The van der Waals surface area contributed by atoms with Crippen molar-refractivity contribution in [3.63, 3.8) is 0 Å². The number of hydrogen-bond acceptors (Lipinski definition) is 9. The Morgan fingerprint density at radius 1 is 1.19 bits per heavy atom. The van der Waals surface area contributed by atoms with Gasteiger partial charge < -0.3 is 14.7 Å². The number of hydrogen-bond donors (Lipinski definition) is 2. The number of anilines is 2. The number of aryl methyl sites for hydroxylation is 1. The molecule has 0 spiro atoms. The van der Waals surface area contributed by atoms with Crippen LogP contribution in [-0.4, -0.2) is 43.1 Å². The minimum Gasteiger partial charge on any atom is -0.406 e. The van der Waals surface area contributed by atoms with Gasteiger partial charge in [0.05, 0.1) is 23.9 Å². The summed E-state index contributed by atoms with van der Waals surface area (Å²) in [5.74, 6) is -1.74. The summed E-state index contributed by atoms with van der Waals surface area (Å²) < 4.78 is 67.4. The molecule has 9 nitrogen and oxygen atoms in total. The zero-order valence-electron chi connectivity index (χ0n) is 19.3. The number of carbonyl (C=O) groups is 1. The highest BCUT2D eigenvalue weighted by Crippen LogP contribution is 2.34. The lowest BCUT2D eigenvalue weighted by molar-refractivity contribution is -0.274. The molecule has 0 radical (unpaired) electrons. The van der Waals surface area contributed by atoms with Crippen molar-refractivity contribution in [3.05, 3.63) is 70.2 Å². The van der Waals surface area contributed by atoms with Gasteiger partial charge in [-0.2, -0.15) is 5.26 Å². The number of amides is 1. The van der Waals surface area contributed by atoms with Crippen LogP contribution in [0.4, 0.5) is 24.0 Å². The predicted octanol–water partition coefficient (Wildman–Crippen LogP) is 4.00. The van der Waals surface area contributed by atoms with E-state index >= 15 is 0 Å². The number of alkyl halides is 3. The molecule has 0 aliphatic rings. The van der Waals surface area contributed by atoms with Crippen molar-refractivity contribution in [2.75, 3.05) is 17.3 Å². The number of halogens is 3. The average Bonchev–Trinajstić information content (AvgIpc) is 3.22. The first-order chi connectivity index (χ1) is 17.4. The van der Waals surface area contributed by atoms with Crippen LogP contribution in [0.15, 0.2) is 48.5 Å². The van der Waals surface area contributed by atoms with Gasteiger partial charge in [0.2, 0.25) is 10.0 Å². The molecule has 0 saturated carbocycles. The first-order valence-corrected chi connectivity index (χ1v) is 13.1. The van der Waals surface area contributed by atoms with Crippen molar-refractivity contribution in [1.29, 1.82) is 5.26 Å². The van der Waals surface area contributed by atoms with E-state index in [0.717, 1.165) is 11.3 Å². The van der Waals surface area contributed by atoms with Crippen molar-refractivity contribution in [2.24, 2.45) is 0 Å². The number of carbonyl (C=O) groups excluding carboxylic acids is 1. The SMILES string of the molecule is Cc1sc(N(Cc2ccc(OC(F)(F)F)cc2)c2ccc(C#N)cc2)nc1C(=O)NS(=O)(=O)CCCO. The van der Waals surface area contributed by atoms with Gasteiger partial charge in [-0.05, 0) is 55.3 Å². The fourth-order valence-corrected chi connectivity index (χ4v) is 5.08. The smallest absolute Gasteiger partial charge is 0.406 e. The quantitative estimate of drug-likeness (QED) is 0.384. The minimum atomic E-state index is -4.82. The maximum absolute atomic E-state index is 12.6. The predicted molar refractivity (Wildman–Crippen MR) is 130 cm³/mol. The van der Waals surface area contributed by atoms with E-state index in [2.05, 4.69) is 9.72 Å². The molecule has 37 heavy (non-hydrogen) atoms. The van der Waals surface area contributed by atoms with E-state index in [1.165, 1.54) is 24.3 Å². The van der Waals surface area contributed by atoms with Gasteiger partial charge in [0.15, 0.2) is 5.13 Å². The Labute approximate surface area is 214 Å². The highest BCUT2D eigenvalue weighted by Gasteiger charge is 2.31. The summed E-state index contributed by atoms with van der Waals surface area (Å²) in [4.78, 5) is 19.1. The molecule has 1 aromatic heterocycles. The summed E-state index contributed by atoms with van der Waals surface area (Å²) in [6, 6.07) is 13.7. The van der Waals surface area contributed by atoms with E-state index in [4.69, 9.17) is 10.4 Å². The molecule has 0 aliphatic carbocycles. The second-order valence-corrected chi connectivity index (χ2v) is 10.7. The fourth-order valence-electron chi connectivity index (χ4n) is 3.17. The lowest BCUT2D eigenvalue weighted by atomic mass is 10.1. The van der Waals surface area contributed by atoms with Crippen molar-refractivity contribution < 1.29 is 36.2 Å². The number of benzene rings is 2. The summed E-state index contributed by atoms with van der Waals surface area (Å²) in [5, 5.41) is 18.3. The van der Waals surface area contributed by atoms with Gasteiger partial charge in [-0.3, -0.25) is 4.79 Å². The van der Waals surface area contributed by atoms with Crippen LogP contribution in [0.5, 0.6) is 5.75 Å². The molecule has 0 unspecified atom stereocenters. The topological polar surface area (TPSA) is 133 Å². The standard InChI is InChI=1S/C23H21F3N4O5S2/c1-15-20(21(32)29-37(33,34)12-2-11-31)28-22(36-15)30(18-7-3-16(13-27)4-8-18)14-17-5-9-19(10-6-17)35-23(24,25)26/h3-10,31H,2,11-12,14H2,1H3,(H,29,32). The number of nitrogens with zero attached hydrogens (tertiary/aromatic N) is 3. The summed E-state index contributed by atoms with van der Waals surface area (Å²) >= 11 is 1.11. The number of thiazole rings is 1. The number of nitriles is 1. The van der Waals surface area contributed by atoms with Crippen LogP contribution in [0.3, 0.4) is 0 Å². The molecule has 0 bridgehead atoms. The van der Waals surface area contributed by atoms with Gasteiger partial charge in [-0.1, -0.05) is 12.1 Å². The van der Waals surface area contributed by atoms with Gasteiger partial charge >= 0.3 is 6.36 Å². The number of nitrogens with one attached hydrogen (secondary N) is 1. The van der Waals surface area contributed by atoms with Crippen molar-refractivity contribution in [3.8, 4) is 11.8 Å². The first kappa shape index (κ1) is 27.9. The van der Waals surface area contributed by atoms with E-state index in [9.17, 15) is 26.4 Å². The minimum absolute atomic E-state index is 0.0385. The summed E-state index contributed by atoms with van der Waals surface area (Å²) in [5.41, 5.74) is 1.45. The Kier molecular flexibility index (Phi) is 8.74. The van der Waals surface area contributed by atoms with Crippen molar-refractivity contribution >= 4 is 38.1 Å². The molecule has 1 heterocycles. The van der Waals surface area contributed by atoms with Gasteiger partial charge in [0.25, 0.3) is 5.91 Å². The van der Waals surface area contributed by atoms with Crippen LogP contribution in [0.2, 0.25) is 0 Å².